The number of benzene rings is 2. The maximum absolute atomic E-state index is 12.6. The first kappa shape index (κ1) is 17.7. The van der Waals surface area contributed by atoms with Crippen LogP contribution in [0.4, 0.5) is 0 Å². The van der Waals surface area contributed by atoms with Crippen LogP contribution in [-0.2, 0) is 11.3 Å². The number of para-hydroxylation sites is 2. The van der Waals surface area contributed by atoms with Crippen LogP contribution in [0.25, 0.3) is 5.69 Å². The normalized spacial score (nSPS) is 11.8. The molecule has 0 saturated heterocycles. The molecule has 0 bridgehead atoms. The van der Waals surface area contributed by atoms with E-state index in [0.717, 1.165) is 22.6 Å². The van der Waals surface area contributed by atoms with E-state index < -0.39 is 6.10 Å². The Kier molecular flexibility index (Phi) is 5.69. The number of nitrogens with zero attached hydrogens (tertiary/aromatic N) is 2. The summed E-state index contributed by atoms with van der Waals surface area (Å²) in [4.78, 5) is 16.7. The molecule has 0 aliphatic heterocycles. The number of aryl methyl sites for hydroxylation is 1. The summed E-state index contributed by atoms with van der Waals surface area (Å²) in [6.07, 6.45) is 5.45. The highest BCUT2D eigenvalue weighted by Gasteiger charge is 2.19. The summed E-state index contributed by atoms with van der Waals surface area (Å²) in [6, 6.07) is 15.7. The van der Waals surface area contributed by atoms with E-state index in [4.69, 9.17) is 4.74 Å². The number of carbonyl (C=O) groups is 1. The molecule has 1 amide bonds. The van der Waals surface area contributed by atoms with Gasteiger partial charge < -0.3 is 14.6 Å². The second-order valence-electron chi connectivity index (χ2n) is 6.10. The van der Waals surface area contributed by atoms with Crippen molar-refractivity contribution in [3.63, 3.8) is 0 Å². The van der Waals surface area contributed by atoms with Gasteiger partial charge in [-0.3, -0.25) is 4.79 Å². The average molecular weight is 349 g/mol. The summed E-state index contributed by atoms with van der Waals surface area (Å²) < 4.78 is 7.85. The highest BCUT2D eigenvalue weighted by atomic mass is 16.5. The van der Waals surface area contributed by atoms with Crippen LogP contribution in [0.15, 0.2) is 67.3 Å². The maximum atomic E-state index is 12.6. The third-order valence-electron chi connectivity index (χ3n) is 4.25. The Balaban J connectivity index is 1.67. The van der Waals surface area contributed by atoms with Gasteiger partial charge in [0, 0.05) is 18.9 Å². The zero-order valence-corrected chi connectivity index (χ0v) is 15.1. The number of carbonyl (C=O) groups excluding carboxylic acids is 1. The van der Waals surface area contributed by atoms with Crippen LogP contribution in [-0.4, -0.2) is 21.6 Å². The molecule has 0 saturated carbocycles. The third-order valence-corrected chi connectivity index (χ3v) is 4.25. The monoisotopic (exact) mass is 349 g/mol. The Hall–Kier alpha value is -3.08. The molecule has 1 atom stereocenters. The first-order valence-corrected chi connectivity index (χ1v) is 8.75. The minimum atomic E-state index is -0.517. The van der Waals surface area contributed by atoms with Crippen molar-refractivity contribution in [2.75, 3.05) is 0 Å². The first-order chi connectivity index (χ1) is 12.7. The van der Waals surface area contributed by atoms with Crippen LogP contribution in [0.5, 0.6) is 5.75 Å². The Labute approximate surface area is 153 Å². The lowest BCUT2D eigenvalue weighted by molar-refractivity contribution is -0.128. The van der Waals surface area contributed by atoms with Gasteiger partial charge in [-0.1, -0.05) is 43.3 Å². The van der Waals surface area contributed by atoms with Gasteiger partial charge in [0.25, 0.3) is 5.91 Å². The van der Waals surface area contributed by atoms with Crippen molar-refractivity contribution < 1.29 is 9.53 Å². The number of ether oxygens (including phenoxy) is 1. The highest BCUT2D eigenvalue weighted by molar-refractivity contribution is 5.81. The van der Waals surface area contributed by atoms with Gasteiger partial charge in [0.05, 0.1) is 12.0 Å². The van der Waals surface area contributed by atoms with Gasteiger partial charge in [-0.05, 0) is 36.6 Å². The second-order valence-corrected chi connectivity index (χ2v) is 6.10. The summed E-state index contributed by atoms with van der Waals surface area (Å²) in [5, 5.41) is 2.99. The molecule has 3 rings (SSSR count). The van der Waals surface area contributed by atoms with Crippen LogP contribution in [0.2, 0.25) is 0 Å². The lowest BCUT2D eigenvalue weighted by Gasteiger charge is -2.19. The van der Waals surface area contributed by atoms with Crippen LogP contribution < -0.4 is 10.1 Å². The molecule has 0 radical (unpaired) electrons. The molecule has 1 N–H and O–H groups in total. The van der Waals surface area contributed by atoms with E-state index in [1.54, 1.807) is 12.5 Å². The van der Waals surface area contributed by atoms with E-state index in [2.05, 4.69) is 10.3 Å². The summed E-state index contributed by atoms with van der Waals surface area (Å²) in [5.41, 5.74) is 3.03. The molecule has 0 aliphatic rings. The average Bonchev–Trinajstić information content (AvgIpc) is 3.20. The van der Waals surface area contributed by atoms with Crippen molar-refractivity contribution in [2.24, 2.45) is 0 Å². The van der Waals surface area contributed by atoms with Gasteiger partial charge in [0.2, 0.25) is 0 Å². The summed E-state index contributed by atoms with van der Waals surface area (Å²) in [6.45, 7) is 4.35. The Morgan fingerprint density at radius 1 is 1.19 bits per heavy atom. The van der Waals surface area contributed by atoms with Crippen molar-refractivity contribution in [1.82, 2.24) is 14.9 Å². The molecular formula is C21H23N3O2. The number of nitrogens with one attached hydrogen (secondary N) is 1. The topological polar surface area (TPSA) is 56.1 Å². The minimum absolute atomic E-state index is 0.115. The molecular weight excluding hydrogens is 326 g/mol. The molecule has 1 heterocycles. The van der Waals surface area contributed by atoms with E-state index in [9.17, 15) is 4.79 Å². The van der Waals surface area contributed by atoms with Crippen LogP contribution >= 0.6 is 0 Å². The van der Waals surface area contributed by atoms with Crippen molar-refractivity contribution in [3.8, 4) is 11.4 Å². The molecule has 5 heteroatoms. The largest absolute Gasteiger partial charge is 0.480 e. The lowest BCUT2D eigenvalue weighted by Crippen LogP contribution is -2.37. The highest BCUT2D eigenvalue weighted by Crippen LogP contribution is 2.19. The Morgan fingerprint density at radius 2 is 1.96 bits per heavy atom. The second kappa shape index (κ2) is 8.34. The van der Waals surface area contributed by atoms with E-state index >= 15 is 0 Å². The van der Waals surface area contributed by atoms with Crippen molar-refractivity contribution in [1.29, 1.82) is 0 Å². The molecule has 0 fully saturated rings. The minimum Gasteiger partial charge on any atom is -0.480 e. The van der Waals surface area contributed by atoms with Crippen LogP contribution in [0.1, 0.15) is 24.5 Å². The van der Waals surface area contributed by atoms with E-state index in [1.165, 1.54) is 0 Å². The van der Waals surface area contributed by atoms with Gasteiger partial charge in [-0.2, -0.15) is 0 Å². The SMILES string of the molecule is CC[C@@H](Oc1ccccc1C)C(=O)NCc1ccccc1-n1ccnc1. The fourth-order valence-corrected chi connectivity index (χ4v) is 2.77. The standard InChI is InChI=1S/C21H23N3O2/c1-3-19(26-20-11-7-4-8-16(20)2)21(25)23-14-17-9-5-6-10-18(17)24-13-12-22-15-24/h4-13,15,19H,3,14H2,1-2H3,(H,23,25)/t19-/m1/s1. The van der Waals surface area contributed by atoms with Crippen LogP contribution in [0.3, 0.4) is 0 Å². The van der Waals surface area contributed by atoms with E-state index in [1.807, 2.05) is 73.1 Å². The Morgan fingerprint density at radius 3 is 2.69 bits per heavy atom. The van der Waals surface area contributed by atoms with E-state index in [-0.39, 0.29) is 5.91 Å². The number of hydrogen-bond acceptors (Lipinski definition) is 3. The number of hydrogen-bond donors (Lipinski definition) is 1. The summed E-state index contributed by atoms with van der Waals surface area (Å²) in [5.74, 6) is 0.629. The molecule has 5 nitrogen and oxygen atoms in total. The number of aromatic nitrogens is 2. The van der Waals surface area contributed by atoms with Gasteiger partial charge in [0.1, 0.15) is 5.75 Å². The van der Waals surface area contributed by atoms with Gasteiger partial charge >= 0.3 is 0 Å². The molecule has 26 heavy (non-hydrogen) atoms. The van der Waals surface area contributed by atoms with E-state index in [0.29, 0.717) is 13.0 Å². The smallest absolute Gasteiger partial charge is 0.261 e. The van der Waals surface area contributed by atoms with Crippen LogP contribution in [0, 0.1) is 6.92 Å². The number of amides is 1. The molecule has 0 spiro atoms. The molecule has 3 aromatic rings. The third kappa shape index (κ3) is 4.11. The molecule has 0 unspecified atom stereocenters. The zero-order valence-electron chi connectivity index (χ0n) is 15.1. The first-order valence-electron chi connectivity index (χ1n) is 8.75. The molecule has 1 aromatic heterocycles. The predicted octanol–water partition coefficient (Wildman–Crippen LogP) is 3.65. The fraction of sp³-hybridized carbons (Fsp3) is 0.238. The maximum Gasteiger partial charge on any atom is 0.261 e. The summed E-state index contributed by atoms with van der Waals surface area (Å²) >= 11 is 0. The number of rotatable bonds is 7. The number of imidazole rings is 1. The molecule has 134 valence electrons. The van der Waals surface area contributed by atoms with Crippen molar-refractivity contribution in [3.05, 3.63) is 78.4 Å². The van der Waals surface area contributed by atoms with Crippen molar-refractivity contribution in [2.45, 2.75) is 32.9 Å². The van der Waals surface area contributed by atoms with Crippen molar-refractivity contribution >= 4 is 5.91 Å². The quantitative estimate of drug-likeness (QED) is 0.708. The Bertz CT molecular complexity index is 859. The van der Waals surface area contributed by atoms with Gasteiger partial charge in [0.15, 0.2) is 6.10 Å². The van der Waals surface area contributed by atoms with Gasteiger partial charge in [-0.15, -0.1) is 0 Å². The molecule has 2 aromatic carbocycles. The fourth-order valence-electron chi connectivity index (χ4n) is 2.77. The summed E-state index contributed by atoms with van der Waals surface area (Å²) in [7, 11) is 0. The molecule has 0 aliphatic carbocycles. The van der Waals surface area contributed by atoms with Gasteiger partial charge in [-0.25, -0.2) is 4.98 Å². The zero-order chi connectivity index (χ0) is 18.4. The lowest BCUT2D eigenvalue weighted by atomic mass is 10.1. The predicted molar refractivity (Wildman–Crippen MR) is 101 cm³/mol.